The van der Waals surface area contributed by atoms with Crippen molar-refractivity contribution in [2.75, 3.05) is 14.1 Å². The number of hydrogen-bond donors (Lipinski definition) is 1. The lowest BCUT2D eigenvalue weighted by molar-refractivity contribution is -0.138. The summed E-state index contributed by atoms with van der Waals surface area (Å²) in [4.78, 5) is 12.1. The maximum Gasteiger partial charge on any atom is 0.305 e. The minimum atomic E-state index is -1.10. The first-order chi connectivity index (χ1) is 7.43. The molecule has 0 spiro atoms. The van der Waals surface area contributed by atoms with Crippen LogP contribution in [0.15, 0.2) is 18.2 Å². The van der Waals surface area contributed by atoms with Crippen LogP contribution in [0.5, 0.6) is 0 Å². The SMILES string of the molecule is CN(C)C(CC(=O)O)c1c(F)cccc1F. The predicted molar refractivity (Wildman–Crippen MR) is 55.0 cm³/mol. The molecule has 0 heterocycles. The molecular formula is C11H13F2NO2. The molecule has 1 atom stereocenters. The van der Waals surface area contributed by atoms with Crippen LogP contribution < -0.4 is 0 Å². The van der Waals surface area contributed by atoms with Crippen molar-refractivity contribution in [2.24, 2.45) is 0 Å². The highest BCUT2D eigenvalue weighted by atomic mass is 19.1. The fourth-order valence-electron chi connectivity index (χ4n) is 1.54. The molecule has 88 valence electrons. The fraction of sp³-hybridized carbons (Fsp3) is 0.364. The summed E-state index contributed by atoms with van der Waals surface area (Å²) in [6.45, 7) is 0. The van der Waals surface area contributed by atoms with Crippen molar-refractivity contribution in [1.29, 1.82) is 0 Å². The summed E-state index contributed by atoms with van der Waals surface area (Å²) >= 11 is 0. The maximum atomic E-state index is 13.5. The van der Waals surface area contributed by atoms with Gasteiger partial charge in [0.05, 0.1) is 12.5 Å². The van der Waals surface area contributed by atoms with Gasteiger partial charge in [-0.15, -0.1) is 0 Å². The van der Waals surface area contributed by atoms with E-state index in [0.717, 1.165) is 12.1 Å². The third-order valence-electron chi connectivity index (χ3n) is 2.32. The Bertz CT molecular complexity index is 373. The number of carbonyl (C=O) groups is 1. The van der Waals surface area contributed by atoms with Crippen LogP contribution >= 0.6 is 0 Å². The minimum absolute atomic E-state index is 0.199. The Morgan fingerprint density at radius 1 is 1.38 bits per heavy atom. The Balaban J connectivity index is 3.15. The highest BCUT2D eigenvalue weighted by Gasteiger charge is 2.24. The average Bonchev–Trinajstić information content (AvgIpc) is 2.15. The molecular weight excluding hydrogens is 216 g/mol. The number of carboxylic acids is 1. The second-order valence-electron chi connectivity index (χ2n) is 3.71. The van der Waals surface area contributed by atoms with E-state index in [1.807, 2.05) is 0 Å². The monoisotopic (exact) mass is 229 g/mol. The molecule has 1 aromatic rings. The number of aliphatic carboxylic acids is 1. The number of carboxylic acid groups (broad SMARTS) is 1. The normalized spacial score (nSPS) is 12.8. The summed E-state index contributed by atoms with van der Waals surface area (Å²) in [7, 11) is 3.17. The molecule has 1 N–H and O–H groups in total. The first kappa shape index (κ1) is 12.6. The van der Waals surface area contributed by atoms with Gasteiger partial charge < -0.3 is 10.0 Å². The van der Waals surface area contributed by atoms with Gasteiger partial charge in [-0.1, -0.05) is 6.07 Å². The van der Waals surface area contributed by atoms with Crippen LogP contribution in [0.3, 0.4) is 0 Å². The van der Waals surface area contributed by atoms with E-state index in [4.69, 9.17) is 5.11 Å². The molecule has 3 nitrogen and oxygen atoms in total. The number of rotatable bonds is 4. The molecule has 1 unspecified atom stereocenters. The van der Waals surface area contributed by atoms with Crippen molar-refractivity contribution in [2.45, 2.75) is 12.5 Å². The van der Waals surface area contributed by atoms with Crippen molar-refractivity contribution >= 4 is 5.97 Å². The highest BCUT2D eigenvalue weighted by Crippen LogP contribution is 2.27. The van der Waals surface area contributed by atoms with Crippen molar-refractivity contribution in [1.82, 2.24) is 4.90 Å². The zero-order chi connectivity index (χ0) is 12.3. The average molecular weight is 229 g/mol. The molecule has 1 aromatic carbocycles. The van der Waals surface area contributed by atoms with Gasteiger partial charge in [-0.3, -0.25) is 4.79 Å². The molecule has 0 bridgehead atoms. The zero-order valence-electron chi connectivity index (χ0n) is 9.08. The maximum absolute atomic E-state index is 13.5. The van der Waals surface area contributed by atoms with Gasteiger partial charge in [0.1, 0.15) is 11.6 Å². The van der Waals surface area contributed by atoms with Gasteiger partial charge in [-0.05, 0) is 26.2 Å². The molecule has 0 fully saturated rings. The Morgan fingerprint density at radius 3 is 2.25 bits per heavy atom. The Morgan fingerprint density at radius 2 is 1.88 bits per heavy atom. The molecule has 1 rings (SSSR count). The smallest absolute Gasteiger partial charge is 0.305 e. The topological polar surface area (TPSA) is 40.5 Å². The lowest BCUT2D eigenvalue weighted by Gasteiger charge is -2.23. The van der Waals surface area contributed by atoms with Gasteiger partial charge in [0, 0.05) is 5.56 Å². The number of hydrogen-bond acceptors (Lipinski definition) is 2. The van der Waals surface area contributed by atoms with Crippen molar-refractivity contribution in [3.63, 3.8) is 0 Å². The molecule has 0 radical (unpaired) electrons. The van der Waals surface area contributed by atoms with Crippen LogP contribution in [0.1, 0.15) is 18.0 Å². The Labute approximate surface area is 92.3 Å². The van der Waals surface area contributed by atoms with E-state index in [-0.39, 0.29) is 12.0 Å². The van der Waals surface area contributed by atoms with Gasteiger partial charge >= 0.3 is 5.97 Å². The fourth-order valence-corrected chi connectivity index (χ4v) is 1.54. The van der Waals surface area contributed by atoms with E-state index in [0.29, 0.717) is 0 Å². The molecule has 0 aliphatic carbocycles. The van der Waals surface area contributed by atoms with E-state index in [1.54, 1.807) is 14.1 Å². The lowest BCUT2D eigenvalue weighted by Crippen LogP contribution is -2.24. The van der Waals surface area contributed by atoms with Gasteiger partial charge in [-0.25, -0.2) is 8.78 Å². The third-order valence-corrected chi connectivity index (χ3v) is 2.32. The largest absolute Gasteiger partial charge is 0.481 e. The summed E-state index contributed by atoms with van der Waals surface area (Å²) in [5.41, 5.74) is -0.199. The van der Waals surface area contributed by atoms with Crippen LogP contribution in [0.4, 0.5) is 8.78 Å². The standard InChI is InChI=1S/C11H13F2NO2/c1-14(2)9(6-10(15)16)11-7(12)4-3-5-8(11)13/h3-5,9H,6H2,1-2H3,(H,15,16). The number of halogens is 2. The summed E-state index contributed by atoms with van der Waals surface area (Å²) < 4.78 is 26.9. The summed E-state index contributed by atoms with van der Waals surface area (Å²) in [5, 5.41) is 8.70. The second-order valence-corrected chi connectivity index (χ2v) is 3.71. The Hall–Kier alpha value is -1.49. The van der Waals surface area contributed by atoms with E-state index in [9.17, 15) is 13.6 Å². The first-order valence-electron chi connectivity index (χ1n) is 4.75. The van der Waals surface area contributed by atoms with Crippen LogP contribution in [0, 0.1) is 11.6 Å². The van der Waals surface area contributed by atoms with Crippen molar-refractivity contribution in [3.05, 3.63) is 35.4 Å². The van der Waals surface area contributed by atoms with Gasteiger partial charge in [0.2, 0.25) is 0 Å². The van der Waals surface area contributed by atoms with Crippen LogP contribution in [-0.4, -0.2) is 30.1 Å². The number of nitrogens with zero attached hydrogens (tertiary/aromatic N) is 1. The minimum Gasteiger partial charge on any atom is -0.481 e. The Kier molecular flexibility index (Phi) is 3.95. The van der Waals surface area contributed by atoms with Crippen LogP contribution in [0.25, 0.3) is 0 Å². The molecule has 0 aromatic heterocycles. The molecule has 0 aliphatic rings. The molecule has 0 aliphatic heterocycles. The lowest BCUT2D eigenvalue weighted by atomic mass is 10.0. The van der Waals surface area contributed by atoms with Gasteiger partial charge in [0.15, 0.2) is 0 Å². The highest BCUT2D eigenvalue weighted by molar-refractivity contribution is 5.68. The van der Waals surface area contributed by atoms with E-state index in [1.165, 1.54) is 11.0 Å². The van der Waals surface area contributed by atoms with Crippen LogP contribution in [-0.2, 0) is 4.79 Å². The number of benzene rings is 1. The summed E-state index contributed by atoms with van der Waals surface area (Å²) in [6.07, 6.45) is -0.342. The molecule has 16 heavy (non-hydrogen) atoms. The van der Waals surface area contributed by atoms with Gasteiger partial charge in [-0.2, -0.15) is 0 Å². The molecule has 0 saturated heterocycles. The van der Waals surface area contributed by atoms with Crippen molar-refractivity contribution < 1.29 is 18.7 Å². The van der Waals surface area contributed by atoms with E-state index in [2.05, 4.69) is 0 Å². The van der Waals surface area contributed by atoms with E-state index >= 15 is 0 Å². The zero-order valence-corrected chi connectivity index (χ0v) is 9.08. The van der Waals surface area contributed by atoms with Gasteiger partial charge in [0.25, 0.3) is 0 Å². The first-order valence-corrected chi connectivity index (χ1v) is 4.75. The van der Waals surface area contributed by atoms with Crippen molar-refractivity contribution in [3.8, 4) is 0 Å². The quantitative estimate of drug-likeness (QED) is 0.858. The molecule has 0 amide bonds. The van der Waals surface area contributed by atoms with Crippen LogP contribution in [0.2, 0.25) is 0 Å². The third kappa shape index (κ3) is 2.76. The molecule has 5 heteroatoms. The summed E-state index contributed by atoms with van der Waals surface area (Å²) in [5.74, 6) is -2.54. The predicted octanol–water partition coefficient (Wildman–Crippen LogP) is 2.04. The molecule has 0 saturated carbocycles. The summed E-state index contributed by atoms with van der Waals surface area (Å²) in [6, 6.07) is 2.69. The second kappa shape index (κ2) is 5.03. The van der Waals surface area contributed by atoms with E-state index < -0.39 is 23.6 Å².